The van der Waals surface area contributed by atoms with E-state index in [-0.39, 0.29) is 12.2 Å². The molecule has 0 radical (unpaired) electrons. The Kier molecular flexibility index (Phi) is 5.04. The summed E-state index contributed by atoms with van der Waals surface area (Å²) < 4.78 is 21.5. The molecule has 0 saturated carbocycles. The van der Waals surface area contributed by atoms with Crippen molar-refractivity contribution in [2.45, 2.75) is 18.6 Å². The largest absolute Gasteiger partial charge is 0.491 e. The van der Waals surface area contributed by atoms with Gasteiger partial charge in [0.15, 0.2) is 0 Å². The normalized spacial score (nSPS) is 21.0. The summed E-state index contributed by atoms with van der Waals surface area (Å²) in [6.45, 7) is 2.68. The molecule has 2 aliphatic heterocycles. The molecule has 0 spiro atoms. The van der Waals surface area contributed by atoms with E-state index in [0.29, 0.717) is 29.7 Å². The van der Waals surface area contributed by atoms with Crippen molar-refractivity contribution in [1.82, 2.24) is 0 Å². The van der Waals surface area contributed by atoms with Gasteiger partial charge in [-0.1, -0.05) is 35.3 Å². The van der Waals surface area contributed by atoms with Crippen molar-refractivity contribution in [3.8, 4) is 11.5 Å². The second kappa shape index (κ2) is 7.42. The Labute approximate surface area is 156 Å². The number of hydrogen-bond acceptors (Lipinski definition) is 4. The summed E-state index contributed by atoms with van der Waals surface area (Å²) >= 11 is 12.8. The highest BCUT2D eigenvalue weighted by molar-refractivity contribution is 6.32. The predicted molar refractivity (Wildman–Crippen MR) is 96.2 cm³/mol. The molecule has 0 aliphatic carbocycles. The highest BCUT2D eigenvalue weighted by Crippen LogP contribution is 2.29. The first-order chi connectivity index (χ1) is 12.2. The minimum atomic E-state index is 0.226. The van der Waals surface area contributed by atoms with E-state index in [2.05, 4.69) is 0 Å². The van der Waals surface area contributed by atoms with Gasteiger partial charge >= 0.3 is 0 Å². The van der Waals surface area contributed by atoms with Crippen molar-refractivity contribution in [1.29, 1.82) is 0 Å². The number of halogens is 2. The molecule has 2 unspecified atom stereocenters. The van der Waals surface area contributed by atoms with E-state index in [0.717, 1.165) is 35.8 Å². The Morgan fingerprint density at radius 1 is 0.800 bits per heavy atom. The molecule has 2 atom stereocenters. The minimum Gasteiger partial charge on any atom is -0.491 e. The van der Waals surface area contributed by atoms with Gasteiger partial charge in [-0.3, -0.25) is 0 Å². The fraction of sp³-hybridized carbons (Fsp3) is 0.368. The summed E-state index contributed by atoms with van der Waals surface area (Å²) in [5.41, 5.74) is 2.00. The van der Waals surface area contributed by atoms with Gasteiger partial charge < -0.3 is 18.9 Å². The van der Waals surface area contributed by atoms with Crippen molar-refractivity contribution in [3.05, 3.63) is 57.6 Å². The number of benzene rings is 2. The fourth-order valence-corrected chi connectivity index (χ4v) is 2.91. The van der Waals surface area contributed by atoms with Crippen LogP contribution in [0, 0.1) is 0 Å². The van der Waals surface area contributed by atoms with Crippen LogP contribution in [0.5, 0.6) is 11.5 Å². The van der Waals surface area contributed by atoms with Crippen molar-refractivity contribution >= 4 is 23.2 Å². The lowest BCUT2D eigenvalue weighted by Crippen LogP contribution is -2.04. The van der Waals surface area contributed by atoms with E-state index in [1.54, 1.807) is 0 Å². The SMILES string of the molecule is Clc1cc(OCC2CO2)ccc1Cc1ccc(OCC2CO2)cc1Cl. The molecule has 4 rings (SSSR count). The Balaban J connectivity index is 1.39. The van der Waals surface area contributed by atoms with Crippen LogP contribution in [0.15, 0.2) is 36.4 Å². The van der Waals surface area contributed by atoms with Crippen LogP contribution in [0.4, 0.5) is 0 Å². The van der Waals surface area contributed by atoms with Gasteiger partial charge in [-0.15, -0.1) is 0 Å². The zero-order valence-corrected chi connectivity index (χ0v) is 15.1. The molecule has 2 aliphatic rings. The van der Waals surface area contributed by atoms with Crippen LogP contribution >= 0.6 is 23.2 Å². The van der Waals surface area contributed by atoms with Gasteiger partial charge in [0, 0.05) is 16.5 Å². The first kappa shape index (κ1) is 17.0. The number of ether oxygens (including phenoxy) is 4. The van der Waals surface area contributed by atoms with Crippen molar-refractivity contribution in [2.24, 2.45) is 0 Å². The lowest BCUT2D eigenvalue weighted by Gasteiger charge is -2.11. The van der Waals surface area contributed by atoms with E-state index in [4.69, 9.17) is 42.1 Å². The van der Waals surface area contributed by atoms with Gasteiger partial charge in [-0.05, 0) is 35.4 Å². The molecular formula is C19H18Cl2O4. The number of rotatable bonds is 8. The highest BCUT2D eigenvalue weighted by atomic mass is 35.5. The molecule has 0 amide bonds. The molecule has 2 saturated heterocycles. The predicted octanol–water partition coefficient (Wildman–Crippen LogP) is 4.14. The van der Waals surface area contributed by atoms with Gasteiger partial charge in [0.25, 0.3) is 0 Å². The Morgan fingerprint density at radius 2 is 1.24 bits per heavy atom. The standard InChI is InChI=1S/C19H18Cl2O4/c20-18-6-14(22-8-16-10-24-16)3-1-12(18)5-13-2-4-15(7-19(13)21)23-9-17-11-25-17/h1-4,6-7,16-17H,5,8-11H2. The molecule has 2 aromatic rings. The second-order valence-electron chi connectivity index (χ2n) is 6.22. The van der Waals surface area contributed by atoms with Gasteiger partial charge in [0.2, 0.25) is 0 Å². The lowest BCUT2D eigenvalue weighted by atomic mass is 10.0. The molecule has 6 heteroatoms. The van der Waals surface area contributed by atoms with Crippen LogP contribution in [0.1, 0.15) is 11.1 Å². The third-order valence-electron chi connectivity index (χ3n) is 4.11. The average molecular weight is 381 g/mol. The highest BCUT2D eigenvalue weighted by Gasteiger charge is 2.24. The average Bonchev–Trinajstić information content (AvgIpc) is 3.49. The summed E-state index contributed by atoms with van der Waals surface area (Å²) in [6, 6.07) is 11.4. The Morgan fingerprint density at radius 3 is 1.60 bits per heavy atom. The fourth-order valence-electron chi connectivity index (χ4n) is 2.43. The van der Waals surface area contributed by atoms with E-state index >= 15 is 0 Å². The summed E-state index contributed by atoms with van der Waals surface area (Å²) in [5, 5.41) is 1.33. The first-order valence-corrected chi connectivity index (χ1v) is 8.98. The van der Waals surface area contributed by atoms with Gasteiger partial charge in [0.1, 0.15) is 36.9 Å². The summed E-state index contributed by atoms with van der Waals surface area (Å²) in [4.78, 5) is 0. The summed E-state index contributed by atoms with van der Waals surface area (Å²) in [6.07, 6.45) is 1.10. The van der Waals surface area contributed by atoms with Crippen molar-refractivity contribution in [3.63, 3.8) is 0 Å². The van der Waals surface area contributed by atoms with Crippen LogP contribution in [0.2, 0.25) is 10.0 Å². The molecule has 4 nitrogen and oxygen atoms in total. The topological polar surface area (TPSA) is 43.5 Å². The molecule has 2 heterocycles. The molecule has 2 fully saturated rings. The minimum absolute atomic E-state index is 0.226. The molecule has 0 N–H and O–H groups in total. The van der Waals surface area contributed by atoms with Crippen LogP contribution in [-0.2, 0) is 15.9 Å². The Hall–Kier alpha value is -1.46. The smallest absolute Gasteiger partial charge is 0.120 e. The molecular weight excluding hydrogens is 363 g/mol. The monoisotopic (exact) mass is 380 g/mol. The second-order valence-corrected chi connectivity index (χ2v) is 7.03. The Bertz CT molecular complexity index is 694. The van der Waals surface area contributed by atoms with E-state index < -0.39 is 0 Å². The van der Waals surface area contributed by atoms with Crippen molar-refractivity contribution < 1.29 is 18.9 Å². The summed E-state index contributed by atoms with van der Waals surface area (Å²) in [7, 11) is 0. The first-order valence-electron chi connectivity index (χ1n) is 8.23. The third kappa shape index (κ3) is 4.79. The van der Waals surface area contributed by atoms with Crippen molar-refractivity contribution in [2.75, 3.05) is 26.4 Å². The zero-order chi connectivity index (χ0) is 17.2. The molecule has 0 aromatic heterocycles. The third-order valence-corrected chi connectivity index (χ3v) is 4.81. The molecule has 2 aromatic carbocycles. The summed E-state index contributed by atoms with van der Waals surface area (Å²) in [5.74, 6) is 1.50. The van der Waals surface area contributed by atoms with Crippen LogP contribution in [0.3, 0.4) is 0 Å². The maximum Gasteiger partial charge on any atom is 0.120 e. The maximum absolute atomic E-state index is 6.39. The number of hydrogen-bond donors (Lipinski definition) is 0. The number of epoxide rings is 2. The van der Waals surface area contributed by atoms with Gasteiger partial charge in [0.05, 0.1) is 13.2 Å². The van der Waals surface area contributed by atoms with Crippen LogP contribution < -0.4 is 9.47 Å². The van der Waals surface area contributed by atoms with E-state index in [1.807, 2.05) is 36.4 Å². The van der Waals surface area contributed by atoms with Crippen LogP contribution in [0.25, 0.3) is 0 Å². The zero-order valence-electron chi connectivity index (χ0n) is 13.5. The molecule has 132 valence electrons. The van der Waals surface area contributed by atoms with Gasteiger partial charge in [-0.2, -0.15) is 0 Å². The quantitative estimate of drug-likeness (QED) is 0.645. The van der Waals surface area contributed by atoms with Crippen LogP contribution in [-0.4, -0.2) is 38.6 Å². The lowest BCUT2D eigenvalue weighted by molar-refractivity contribution is 0.263. The van der Waals surface area contributed by atoms with Gasteiger partial charge in [-0.25, -0.2) is 0 Å². The van der Waals surface area contributed by atoms with E-state index in [1.165, 1.54) is 0 Å². The maximum atomic E-state index is 6.39. The molecule has 25 heavy (non-hydrogen) atoms. The van der Waals surface area contributed by atoms with E-state index in [9.17, 15) is 0 Å². The molecule has 0 bridgehead atoms.